The maximum absolute atomic E-state index is 13.1. The summed E-state index contributed by atoms with van der Waals surface area (Å²) in [6, 6.07) is 11.7. The molecule has 1 aliphatic rings. The number of imide groups is 1. The van der Waals surface area contributed by atoms with E-state index < -0.39 is 37.2 Å². The summed E-state index contributed by atoms with van der Waals surface area (Å²) in [7, 11) is 0. The molecule has 0 radical (unpaired) electrons. The first-order valence-corrected chi connectivity index (χ1v) is 9.95. The Morgan fingerprint density at radius 3 is 2.21 bits per heavy atom. The Labute approximate surface area is 187 Å². The largest absolute Gasteiger partial charge is 0.508 e. The molecule has 0 saturated carbocycles. The fourth-order valence-electron chi connectivity index (χ4n) is 3.61. The molecule has 3 aromatic rings. The van der Waals surface area contributed by atoms with Gasteiger partial charge in [0.2, 0.25) is 0 Å². The quantitative estimate of drug-likeness (QED) is 0.229. The van der Waals surface area contributed by atoms with Crippen molar-refractivity contribution >= 4 is 34.5 Å². The van der Waals surface area contributed by atoms with Crippen molar-refractivity contribution in [3.8, 4) is 11.5 Å². The van der Waals surface area contributed by atoms with Crippen molar-refractivity contribution in [3.63, 3.8) is 0 Å². The third-order valence-corrected chi connectivity index (χ3v) is 5.52. The van der Waals surface area contributed by atoms with Gasteiger partial charge in [-0.2, -0.15) is 10.1 Å². The Morgan fingerprint density at radius 1 is 0.909 bits per heavy atom. The minimum atomic E-state index is -1.40. The highest BCUT2D eigenvalue weighted by Crippen LogP contribution is 2.35. The second-order valence-corrected chi connectivity index (χ2v) is 7.68. The van der Waals surface area contributed by atoms with Gasteiger partial charge in [0.15, 0.2) is 0 Å². The number of carbonyl (C=O) groups excluding carboxylic acids is 2. The van der Waals surface area contributed by atoms with Crippen molar-refractivity contribution in [1.82, 2.24) is 5.01 Å². The molecule has 6 N–H and O–H groups in total. The number of rotatable bonds is 7. The number of nitrogens with zero attached hydrogens (tertiary/aromatic N) is 2. The number of hydrogen-bond donors (Lipinski definition) is 6. The summed E-state index contributed by atoms with van der Waals surface area (Å²) in [5.74, 6) is -1.77. The fourth-order valence-corrected chi connectivity index (χ4v) is 3.61. The molecule has 3 aromatic carbocycles. The molecule has 33 heavy (non-hydrogen) atoms. The highest BCUT2D eigenvalue weighted by atomic mass is 16.3. The van der Waals surface area contributed by atoms with Crippen LogP contribution in [0.25, 0.3) is 10.8 Å². The van der Waals surface area contributed by atoms with Crippen molar-refractivity contribution < 1.29 is 35.1 Å². The number of aliphatic hydroxyl groups is 3. The average molecular weight is 451 g/mol. The smallest absolute Gasteiger partial charge is 0.282 e. The lowest BCUT2D eigenvalue weighted by Gasteiger charge is -2.31. The summed E-state index contributed by atoms with van der Waals surface area (Å²) >= 11 is 0. The lowest BCUT2D eigenvalue weighted by Crippen LogP contribution is -2.49. The van der Waals surface area contributed by atoms with E-state index in [0.717, 1.165) is 12.3 Å². The van der Waals surface area contributed by atoms with Gasteiger partial charge in [-0.1, -0.05) is 12.1 Å². The van der Waals surface area contributed by atoms with E-state index in [1.165, 1.54) is 18.2 Å². The number of hydrogen-bond acceptors (Lipinski definition) is 9. The molecular formula is C23H21N3O7. The van der Waals surface area contributed by atoms with Gasteiger partial charge in [0, 0.05) is 28.1 Å². The number of anilines is 1. The van der Waals surface area contributed by atoms with Crippen molar-refractivity contribution in [2.75, 3.05) is 25.1 Å². The first-order valence-electron chi connectivity index (χ1n) is 9.95. The van der Waals surface area contributed by atoms with Gasteiger partial charge in [-0.15, -0.1) is 0 Å². The number of aliphatic hydroxyl groups excluding tert-OH is 3. The van der Waals surface area contributed by atoms with Crippen molar-refractivity contribution in [1.29, 1.82) is 0 Å². The van der Waals surface area contributed by atoms with Crippen LogP contribution in [0.15, 0.2) is 53.6 Å². The molecule has 170 valence electrons. The van der Waals surface area contributed by atoms with Gasteiger partial charge in [0.1, 0.15) is 17.0 Å². The molecule has 10 nitrogen and oxygen atoms in total. The molecule has 1 aliphatic heterocycles. The first-order chi connectivity index (χ1) is 15.8. The van der Waals surface area contributed by atoms with Gasteiger partial charge in [-0.25, -0.2) is 0 Å². The second-order valence-electron chi connectivity index (χ2n) is 7.68. The van der Waals surface area contributed by atoms with Crippen LogP contribution in [0.1, 0.15) is 26.3 Å². The van der Waals surface area contributed by atoms with Gasteiger partial charge in [0.25, 0.3) is 11.8 Å². The second kappa shape index (κ2) is 8.51. The zero-order chi connectivity index (χ0) is 23.8. The third-order valence-electron chi connectivity index (χ3n) is 5.52. The zero-order valence-electron chi connectivity index (χ0n) is 17.3. The van der Waals surface area contributed by atoms with Crippen LogP contribution in [-0.4, -0.2) is 73.9 Å². The summed E-state index contributed by atoms with van der Waals surface area (Å²) in [5, 5.41) is 56.7. The molecule has 4 rings (SSSR count). The summed E-state index contributed by atoms with van der Waals surface area (Å²) in [6.45, 7) is -1.64. The Kier molecular flexibility index (Phi) is 5.73. The molecule has 0 atom stereocenters. The fraction of sp³-hybridized carbons (Fsp3) is 0.174. The number of carbonyl (C=O) groups is 2. The Hall–Kier alpha value is -3.99. The maximum atomic E-state index is 13.1. The summed E-state index contributed by atoms with van der Waals surface area (Å²) in [5.41, 5.74) is -0.365. The normalized spacial score (nSPS) is 13.8. The standard InChI is InChI=1S/C23H21N3O7/c27-10-23(11-28,12-29)25-18-7-6-17-20-15(18)2-1-3-16(20)21(32)26(22(17)33)24-9-13-4-5-14(30)8-19(13)31/h1-9,25,27-31H,10-12H2/b24-9+. The number of benzene rings is 3. The molecule has 0 unspecified atom stereocenters. The van der Waals surface area contributed by atoms with Gasteiger partial charge >= 0.3 is 0 Å². The first kappa shape index (κ1) is 22.2. The van der Waals surface area contributed by atoms with Gasteiger partial charge in [-0.3, -0.25) is 9.59 Å². The molecule has 0 bridgehead atoms. The zero-order valence-corrected chi connectivity index (χ0v) is 17.3. The number of hydrazone groups is 1. The minimum Gasteiger partial charge on any atom is -0.508 e. The molecule has 10 heteroatoms. The van der Waals surface area contributed by atoms with Crippen LogP contribution in [-0.2, 0) is 0 Å². The number of amides is 2. The van der Waals surface area contributed by atoms with E-state index in [9.17, 15) is 35.1 Å². The van der Waals surface area contributed by atoms with Crippen molar-refractivity contribution in [2.45, 2.75) is 5.54 Å². The monoisotopic (exact) mass is 451 g/mol. The molecule has 0 aliphatic carbocycles. The third kappa shape index (κ3) is 3.76. The molecule has 0 fully saturated rings. The molecule has 2 amide bonds. The van der Waals surface area contributed by atoms with E-state index in [1.54, 1.807) is 24.3 Å². The molecule has 1 heterocycles. The topological polar surface area (TPSA) is 163 Å². The number of phenols is 2. The van der Waals surface area contributed by atoms with Crippen LogP contribution in [0.4, 0.5) is 5.69 Å². The Bertz CT molecular complexity index is 1250. The Balaban J connectivity index is 1.76. The minimum absolute atomic E-state index is 0.146. The lowest BCUT2D eigenvalue weighted by molar-refractivity contribution is 0.0616. The molecule has 0 saturated heterocycles. The SMILES string of the molecule is O=C1c2cccc3c(NC(CO)(CO)CO)ccc(c23)C(=O)N1/N=C/c1ccc(O)cc1O. The number of nitrogens with one attached hydrogen (secondary N) is 1. The van der Waals surface area contributed by atoms with Crippen LogP contribution in [0.5, 0.6) is 11.5 Å². The average Bonchev–Trinajstić information content (AvgIpc) is 2.82. The van der Waals surface area contributed by atoms with Crippen LogP contribution < -0.4 is 5.32 Å². The van der Waals surface area contributed by atoms with Crippen molar-refractivity contribution in [2.24, 2.45) is 5.10 Å². The number of aromatic hydroxyl groups is 2. The predicted octanol–water partition coefficient (Wildman–Crippen LogP) is 1.01. The van der Waals surface area contributed by atoms with E-state index in [1.807, 2.05) is 0 Å². The summed E-state index contributed by atoms with van der Waals surface area (Å²) in [6.07, 6.45) is 1.14. The highest BCUT2D eigenvalue weighted by Gasteiger charge is 2.35. The summed E-state index contributed by atoms with van der Waals surface area (Å²) < 4.78 is 0. The van der Waals surface area contributed by atoms with E-state index in [-0.39, 0.29) is 28.2 Å². The van der Waals surface area contributed by atoms with Gasteiger partial charge < -0.3 is 30.8 Å². The number of phenolic OH excluding ortho intramolecular Hbond substituents is 2. The van der Waals surface area contributed by atoms with E-state index in [4.69, 9.17) is 0 Å². The van der Waals surface area contributed by atoms with E-state index in [2.05, 4.69) is 10.4 Å². The maximum Gasteiger partial charge on any atom is 0.282 e. The predicted molar refractivity (Wildman–Crippen MR) is 119 cm³/mol. The summed E-state index contributed by atoms with van der Waals surface area (Å²) in [4.78, 5) is 26.2. The lowest BCUT2D eigenvalue weighted by atomic mass is 9.92. The van der Waals surface area contributed by atoms with Gasteiger partial charge in [0.05, 0.1) is 37.2 Å². The van der Waals surface area contributed by atoms with Crippen LogP contribution >= 0.6 is 0 Å². The van der Waals surface area contributed by atoms with E-state index >= 15 is 0 Å². The van der Waals surface area contributed by atoms with E-state index in [0.29, 0.717) is 21.5 Å². The van der Waals surface area contributed by atoms with Crippen molar-refractivity contribution in [3.05, 3.63) is 65.2 Å². The Morgan fingerprint density at radius 2 is 1.58 bits per heavy atom. The molecule has 0 spiro atoms. The molecule has 0 aromatic heterocycles. The van der Waals surface area contributed by atoms with Crippen LogP contribution in [0.3, 0.4) is 0 Å². The van der Waals surface area contributed by atoms with Crippen LogP contribution in [0, 0.1) is 0 Å². The molecular weight excluding hydrogens is 430 g/mol. The van der Waals surface area contributed by atoms with Crippen LogP contribution in [0.2, 0.25) is 0 Å². The highest BCUT2D eigenvalue weighted by molar-refractivity contribution is 6.26. The van der Waals surface area contributed by atoms with Gasteiger partial charge in [-0.05, 0) is 30.3 Å².